The molecule has 110 valence electrons. The summed E-state index contributed by atoms with van der Waals surface area (Å²) in [4.78, 5) is 0. The van der Waals surface area contributed by atoms with E-state index in [1.165, 1.54) is 0 Å². The molecule has 0 spiro atoms. The van der Waals surface area contributed by atoms with Gasteiger partial charge < -0.3 is 5.32 Å². The highest BCUT2D eigenvalue weighted by atomic mass is 32.2. The van der Waals surface area contributed by atoms with E-state index in [4.69, 9.17) is 0 Å². The van der Waals surface area contributed by atoms with Gasteiger partial charge in [-0.25, -0.2) is 0 Å². The van der Waals surface area contributed by atoms with Gasteiger partial charge in [0, 0.05) is 25.7 Å². The van der Waals surface area contributed by atoms with Gasteiger partial charge in [-0.3, -0.25) is 0 Å². The lowest BCUT2D eigenvalue weighted by Gasteiger charge is -2.32. The third kappa shape index (κ3) is 3.12. The van der Waals surface area contributed by atoms with Gasteiger partial charge in [0.15, 0.2) is 0 Å². The number of piperidine rings is 1. The fourth-order valence-electron chi connectivity index (χ4n) is 3.18. The van der Waals surface area contributed by atoms with Crippen molar-refractivity contribution in [3.8, 4) is 0 Å². The molecular weight excluding hydrogens is 262 g/mol. The predicted molar refractivity (Wildman–Crippen MR) is 75.0 cm³/mol. The molecule has 0 amide bonds. The van der Waals surface area contributed by atoms with Gasteiger partial charge in [0.25, 0.3) is 10.2 Å². The molecule has 2 saturated heterocycles. The molecule has 5 nitrogen and oxygen atoms in total. The second kappa shape index (κ2) is 5.68. The van der Waals surface area contributed by atoms with Gasteiger partial charge in [0.05, 0.1) is 0 Å². The largest absolute Gasteiger partial charge is 0.317 e. The fraction of sp³-hybridized carbons (Fsp3) is 1.00. The van der Waals surface area contributed by atoms with Gasteiger partial charge in [-0.2, -0.15) is 17.0 Å². The van der Waals surface area contributed by atoms with Crippen molar-refractivity contribution in [2.24, 2.45) is 5.92 Å². The van der Waals surface area contributed by atoms with Gasteiger partial charge in [-0.1, -0.05) is 0 Å². The lowest BCUT2D eigenvalue weighted by Crippen LogP contribution is -2.47. The van der Waals surface area contributed by atoms with Crippen LogP contribution in [0.1, 0.15) is 38.5 Å². The van der Waals surface area contributed by atoms with Crippen LogP contribution in [0.4, 0.5) is 0 Å². The molecule has 3 aliphatic rings. The van der Waals surface area contributed by atoms with Gasteiger partial charge in [0.1, 0.15) is 0 Å². The van der Waals surface area contributed by atoms with Crippen LogP contribution in [0, 0.1) is 5.92 Å². The van der Waals surface area contributed by atoms with Crippen LogP contribution in [0.25, 0.3) is 0 Å². The molecule has 1 N–H and O–H groups in total. The Bertz CT molecular complexity index is 396. The molecule has 0 bridgehead atoms. The fourth-order valence-corrected chi connectivity index (χ4v) is 5.18. The Morgan fingerprint density at radius 3 is 2.26 bits per heavy atom. The van der Waals surface area contributed by atoms with Gasteiger partial charge in [-0.15, -0.1) is 0 Å². The van der Waals surface area contributed by atoms with E-state index < -0.39 is 10.2 Å². The first-order chi connectivity index (χ1) is 9.18. The van der Waals surface area contributed by atoms with Crippen LogP contribution in [-0.2, 0) is 10.2 Å². The van der Waals surface area contributed by atoms with E-state index in [-0.39, 0.29) is 0 Å². The molecule has 0 aromatic carbocycles. The van der Waals surface area contributed by atoms with Crippen molar-refractivity contribution < 1.29 is 8.42 Å². The maximum Gasteiger partial charge on any atom is 0.282 e. The van der Waals surface area contributed by atoms with E-state index in [1.54, 1.807) is 4.31 Å². The molecule has 0 atom stereocenters. The van der Waals surface area contributed by atoms with Crippen LogP contribution in [-0.4, -0.2) is 55.8 Å². The molecule has 6 heteroatoms. The number of nitrogens with zero attached hydrogens (tertiary/aromatic N) is 2. The summed E-state index contributed by atoms with van der Waals surface area (Å²) >= 11 is 0. The summed E-state index contributed by atoms with van der Waals surface area (Å²) in [6, 6.07) is 0.292. The molecule has 0 radical (unpaired) electrons. The Morgan fingerprint density at radius 1 is 1.05 bits per heavy atom. The lowest BCUT2D eigenvalue weighted by atomic mass is 9.98. The summed E-state index contributed by atoms with van der Waals surface area (Å²) in [7, 11) is -3.19. The highest BCUT2D eigenvalue weighted by Gasteiger charge is 2.41. The minimum absolute atomic E-state index is 0.292. The van der Waals surface area contributed by atoms with Crippen LogP contribution in [0.5, 0.6) is 0 Å². The van der Waals surface area contributed by atoms with Crippen LogP contribution in [0.15, 0.2) is 0 Å². The molecule has 19 heavy (non-hydrogen) atoms. The molecule has 3 rings (SSSR count). The van der Waals surface area contributed by atoms with Crippen LogP contribution in [0.2, 0.25) is 0 Å². The van der Waals surface area contributed by atoms with Crippen molar-refractivity contribution >= 4 is 10.2 Å². The maximum atomic E-state index is 12.7. The van der Waals surface area contributed by atoms with Crippen molar-refractivity contribution in [1.82, 2.24) is 13.9 Å². The molecule has 1 saturated carbocycles. The normalized spacial score (nSPS) is 27.2. The standard InChI is InChI=1S/C13H25N3O2S/c17-19(18,15-9-1-2-10-15)16(13-3-4-13)11-12-5-7-14-8-6-12/h12-14H,1-11H2. The van der Waals surface area contributed by atoms with Crippen molar-refractivity contribution in [3.05, 3.63) is 0 Å². The number of hydrogen-bond donors (Lipinski definition) is 1. The molecule has 1 aliphatic carbocycles. The second-order valence-electron chi connectivity index (χ2n) is 6.11. The van der Waals surface area contributed by atoms with E-state index in [0.717, 1.165) is 71.2 Å². The highest BCUT2D eigenvalue weighted by Crippen LogP contribution is 2.33. The molecule has 2 aliphatic heterocycles. The van der Waals surface area contributed by atoms with Crippen molar-refractivity contribution in [3.63, 3.8) is 0 Å². The summed E-state index contributed by atoms with van der Waals surface area (Å²) in [6.45, 7) is 4.25. The van der Waals surface area contributed by atoms with Crippen molar-refractivity contribution in [2.45, 2.75) is 44.6 Å². The molecule has 0 aromatic heterocycles. The first-order valence-corrected chi connectivity index (χ1v) is 9.05. The number of hydrogen-bond acceptors (Lipinski definition) is 3. The van der Waals surface area contributed by atoms with E-state index in [0.29, 0.717) is 12.0 Å². The lowest BCUT2D eigenvalue weighted by molar-refractivity contribution is 0.269. The monoisotopic (exact) mass is 287 g/mol. The second-order valence-corrected chi connectivity index (χ2v) is 7.99. The van der Waals surface area contributed by atoms with E-state index in [1.807, 2.05) is 4.31 Å². The van der Waals surface area contributed by atoms with Gasteiger partial charge >= 0.3 is 0 Å². The van der Waals surface area contributed by atoms with Crippen molar-refractivity contribution in [2.75, 3.05) is 32.7 Å². The summed E-state index contributed by atoms with van der Waals surface area (Å²) in [6.07, 6.45) is 6.36. The Balaban J connectivity index is 1.69. The van der Waals surface area contributed by atoms with E-state index >= 15 is 0 Å². The minimum atomic E-state index is -3.19. The quantitative estimate of drug-likeness (QED) is 0.813. The first kappa shape index (κ1) is 13.8. The van der Waals surface area contributed by atoms with Crippen LogP contribution >= 0.6 is 0 Å². The Kier molecular flexibility index (Phi) is 4.12. The molecule has 0 aromatic rings. The van der Waals surface area contributed by atoms with Crippen LogP contribution < -0.4 is 5.32 Å². The molecule has 0 unspecified atom stereocenters. The number of nitrogens with one attached hydrogen (secondary N) is 1. The highest BCUT2D eigenvalue weighted by molar-refractivity contribution is 7.86. The zero-order valence-corrected chi connectivity index (χ0v) is 12.4. The van der Waals surface area contributed by atoms with Crippen molar-refractivity contribution in [1.29, 1.82) is 0 Å². The molecule has 2 heterocycles. The average Bonchev–Trinajstić information content (AvgIpc) is 3.09. The van der Waals surface area contributed by atoms with Crippen LogP contribution in [0.3, 0.4) is 0 Å². The summed E-state index contributed by atoms with van der Waals surface area (Å²) in [5, 5.41) is 3.35. The Morgan fingerprint density at radius 2 is 1.68 bits per heavy atom. The maximum absolute atomic E-state index is 12.7. The first-order valence-electron chi connectivity index (χ1n) is 7.65. The summed E-state index contributed by atoms with van der Waals surface area (Å²) in [5.74, 6) is 0.541. The third-order valence-electron chi connectivity index (χ3n) is 4.54. The summed E-state index contributed by atoms with van der Waals surface area (Å²) in [5.41, 5.74) is 0. The topological polar surface area (TPSA) is 52.7 Å². The number of rotatable bonds is 5. The third-order valence-corrected chi connectivity index (χ3v) is 6.60. The zero-order valence-electron chi connectivity index (χ0n) is 11.6. The molecular formula is C13H25N3O2S. The summed E-state index contributed by atoms with van der Waals surface area (Å²) < 4.78 is 29.0. The Hall–Kier alpha value is -0.170. The van der Waals surface area contributed by atoms with Gasteiger partial charge in [-0.05, 0) is 57.5 Å². The average molecular weight is 287 g/mol. The molecule has 3 fully saturated rings. The smallest absolute Gasteiger partial charge is 0.282 e. The minimum Gasteiger partial charge on any atom is -0.317 e. The van der Waals surface area contributed by atoms with Gasteiger partial charge in [0.2, 0.25) is 0 Å². The van der Waals surface area contributed by atoms with E-state index in [2.05, 4.69) is 5.32 Å². The Labute approximate surface area is 116 Å². The zero-order chi connectivity index (χ0) is 13.3. The SMILES string of the molecule is O=S(=O)(N1CCCC1)N(CC1CCNCC1)C1CC1. The van der Waals surface area contributed by atoms with E-state index in [9.17, 15) is 8.42 Å². The predicted octanol–water partition coefficient (Wildman–Crippen LogP) is 0.791.